The van der Waals surface area contributed by atoms with Gasteiger partial charge in [0.25, 0.3) is 0 Å². The molecule has 0 bridgehead atoms. The molecule has 0 aliphatic carbocycles. The first kappa shape index (κ1) is 17.2. The van der Waals surface area contributed by atoms with Gasteiger partial charge in [0.15, 0.2) is 0 Å². The van der Waals surface area contributed by atoms with Crippen molar-refractivity contribution < 1.29 is 4.79 Å². The summed E-state index contributed by atoms with van der Waals surface area (Å²) in [6.07, 6.45) is 3.75. The highest BCUT2D eigenvalue weighted by atomic mass is 16.2. The van der Waals surface area contributed by atoms with Gasteiger partial charge in [-0.3, -0.25) is 4.79 Å². The summed E-state index contributed by atoms with van der Waals surface area (Å²) in [5.74, 6) is 1.05. The Bertz CT molecular complexity index is 1040. The monoisotopic (exact) mass is 375 g/mol. The smallest absolute Gasteiger partial charge is 0.231 e. The fraction of sp³-hybridized carbons (Fsp3) is 0.409. The molecule has 2 saturated heterocycles. The minimum atomic E-state index is -0.285. The highest BCUT2D eigenvalue weighted by Gasteiger charge is 2.51. The maximum atomic E-state index is 13.4. The number of amides is 1. The number of carbonyl (C=O) groups is 1. The van der Waals surface area contributed by atoms with Crippen molar-refractivity contribution in [3.05, 3.63) is 53.5 Å². The number of anilines is 1. The van der Waals surface area contributed by atoms with Gasteiger partial charge >= 0.3 is 0 Å². The number of H-pyrrole nitrogens is 1. The molecule has 28 heavy (non-hydrogen) atoms. The van der Waals surface area contributed by atoms with Crippen molar-refractivity contribution in [3.8, 4) is 0 Å². The highest BCUT2D eigenvalue weighted by molar-refractivity contribution is 5.87. The van der Waals surface area contributed by atoms with E-state index >= 15 is 0 Å². The number of benzene rings is 1. The van der Waals surface area contributed by atoms with Crippen LogP contribution in [0.15, 0.2) is 36.5 Å². The van der Waals surface area contributed by atoms with Gasteiger partial charge in [0.2, 0.25) is 11.9 Å². The minimum absolute atomic E-state index is 0.284. The second-order valence-electron chi connectivity index (χ2n) is 8.24. The predicted octanol–water partition coefficient (Wildman–Crippen LogP) is 3.20. The molecule has 1 spiro atoms. The van der Waals surface area contributed by atoms with Crippen molar-refractivity contribution in [2.45, 2.75) is 33.2 Å². The highest BCUT2D eigenvalue weighted by Crippen LogP contribution is 2.42. The Morgan fingerprint density at radius 2 is 1.89 bits per heavy atom. The van der Waals surface area contributed by atoms with E-state index in [-0.39, 0.29) is 11.3 Å². The number of fused-ring (bicyclic) bond motifs is 1. The Kier molecular flexibility index (Phi) is 3.89. The molecule has 0 radical (unpaired) electrons. The zero-order valence-corrected chi connectivity index (χ0v) is 16.4. The molecule has 2 fully saturated rings. The Hall–Kier alpha value is -2.89. The lowest BCUT2D eigenvalue weighted by Gasteiger charge is -2.24. The van der Waals surface area contributed by atoms with Gasteiger partial charge in [-0.2, -0.15) is 0 Å². The summed E-state index contributed by atoms with van der Waals surface area (Å²) in [5, 5.41) is 1.20. The number of aromatic amines is 1. The first-order valence-corrected chi connectivity index (χ1v) is 9.96. The summed E-state index contributed by atoms with van der Waals surface area (Å²) in [5.41, 5.74) is 3.99. The third-order valence-corrected chi connectivity index (χ3v) is 6.25. The topological polar surface area (TPSA) is 65.1 Å². The molecule has 1 atom stereocenters. The molecule has 5 rings (SSSR count). The van der Waals surface area contributed by atoms with Crippen LogP contribution in [0.4, 0.5) is 5.95 Å². The van der Waals surface area contributed by atoms with Crippen molar-refractivity contribution in [1.82, 2.24) is 19.9 Å². The molecule has 144 valence electrons. The zero-order valence-electron chi connectivity index (χ0n) is 16.4. The Morgan fingerprint density at radius 1 is 1.11 bits per heavy atom. The first-order chi connectivity index (χ1) is 13.5. The van der Waals surface area contributed by atoms with E-state index in [4.69, 9.17) is 0 Å². The van der Waals surface area contributed by atoms with Crippen LogP contribution in [-0.4, -0.2) is 45.4 Å². The van der Waals surface area contributed by atoms with Crippen molar-refractivity contribution in [2.75, 3.05) is 24.5 Å². The van der Waals surface area contributed by atoms with Crippen molar-refractivity contribution >= 4 is 22.8 Å². The molecule has 2 aliphatic heterocycles. The van der Waals surface area contributed by atoms with Crippen molar-refractivity contribution in [3.63, 3.8) is 0 Å². The predicted molar refractivity (Wildman–Crippen MR) is 109 cm³/mol. The maximum Gasteiger partial charge on any atom is 0.231 e. The Labute approximate surface area is 164 Å². The summed E-state index contributed by atoms with van der Waals surface area (Å²) in [6, 6.07) is 10.3. The lowest BCUT2D eigenvalue weighted by Crippen LogP contribution is -2.37. The van der Waals surface area contributed by atoms with E-state index in [2.05, 4.69) is 44.1 Å². The number of aromatic nitrogens is 3. The Morgan fingerprint density at radius 3 is 2.71 bits per heavy atom. The van der Waals surface area contributed by atoms with E-state index in [0.29, 0.717) is 6.54 Å². The minimum Gasteiger partial charge on any atom is -0.361 e. The second-order valence-corrected chi connectivity index (χ2v) is 8.24. The molecule has 3 aromatic rings. The van der Waals surface area contributed by atoms with Gasteiger partial charge in [0, 0.05) is 54.7 Å². The molecule has 1 amide bonds. The number of hydrogen-bond donors (Lipinski definition) is 1. The molecular weight excluding hydrogens is 350 g/mol. The van der Waals surface area contributed by atoms with Gasteiger partial charge in [-0.15, -0.1) is 0 Å². The first-order valence-electron chi connectivity index (χ1n) is 9.96. The lowest BCUT2D eigenvalue weighted by atomic mass is 9.85. The van der Waals surface area contributed by atoms with Gasteiger partial charge in [-0.05, 0) is 50.5 Å². The van der Waals surface area contributed by atoms with Crippen LogP contribution in [0.3, 0.4) is 0 Å². The number of rotatable bonds is 3. The van der Waals surface area contributed by atoms with Gasteiger partial charge in [-0.1, -0.05) is 12.1 Å². The molecule has 1 unspecified atom stereocenters. The molecule has 2 aromatic heterocycles. The average molecular weight is 375 g/mol. The quantitative estimate of drug-likeness (QED) is 0.763. The number of aryl methyl sites for hydroxylation is 2. The van der Waals surface area contributed by atoms with E-state index < -0.39 is 0 Å². The average Bonchev–Trinajstić information content (AvgIpc) is 3.37. The SMILES string of the molecule is Cc1cc(C)nc(N2CCC3(CCN(Cc4cccc5[nH]ccc45)C3=O)C2)n1. The van der Waals surface area contributed by atoms with Crippen molar-refractivity contribution in [2.24, 2.45) is 5.41 Å². The third-order valence-electron chi connectivity index (χ3n) is 6.25. The van der Waals surface area contributed by atoms with E-state index in [1.807, 2.05) is 31.0 Å². The molecule has 6 heteroatoms. The molecular formula is C22H25N5O. The molecule has 4 heterocycles. The van der Waals surface area contributed by atoms with E-state index in [1.54, 1.807) is 0 Å². The van der Waals surface area contributed by atoms with Crippen LogP contribution in [0.2, 0.25) is 0 Å². The lowest BCUT2D eigenvalue weighted by molar-refractivity contribution is -0.135. The molecule has 1 aromatic carbocycles. The summed E-state index contributed by atoms with van der Waals surface area (Å²) in [6.45, 7) is 7.05. The fourth-order valence-corrected chi connectivity index (χ4v) is 4.81. The number of nitrogens with one attached hydrogen (secondary N) is 1. The maximum absolute atomic E-state index is 13.4. The second kappa shape index (κ2) is 6.33. The third kappa shape index (κ3) is 2.75. The fourth-order valence-electron chi connectivity index (χ4n) is 4.81. The van der Waals surface area contributed by atoms with Crippen LogP contribution in [0, 0.1) is 19.3 Å². The summed E-state index contributed by atoms with van der Waals surface area (Å²) < 4.78 is 0. The van der Waals surface area contributed by atoms with Crippen LogP contribution in [0.1, 0.15) is 29.8 Å². The number of carbonyl (C=O) groups excluding carboxylic acids is 1. The standard InChI is InChI=1S/C22H25N5O/c1-15-12-16(2)25-21(24-15)27-11-8-22(14-27)7-10-26(20(22)28)13-17-4-3-5-19-18(17)6-9-23-19/h3-6,9,12,23H,7-8,10-11,13-14H2,1-2H3. The summed E-state index contributed by atoms with van der Waals surface area (Å²) in [4.78, 5) is 30.0. The van der Waals surface area contributed by atoms with Crippen LogP contribution in [-0.2, 0) is 11.3 Å². The van der Waals surface area contributed by atoms with Gasteiger partial charge in [-0.25, -0.2) is 9.97 Å². The largest absolute Gasteiger partial charge is 0.361 e. The molecule has 6 nitrogen and oxygen atoms in total. The van der Waals surface area contributed by atoms with E-state index in [9.17, 15) is 4.79 Å². The number of nitrogens with zero attached hydrogens (tertiary/aromatic N) is 4. The van der Waals surface area contributed by atoms with Crippen LogP contribution >= 0.6 is 0 Å². The van der Waals surface area contributed by atoms with E-state index in [1.165, 1.54) is 10.9 Å². The van der Waals surface area contributed by atoms with Gasteiger partial charge in [0.1, 0.15) is 0 Å². The van der Waals surface area contributed by atoms with Crippen LogP contribution in [0.25, 0.3) is 10.9 Å². The Balaban J connectivity index is 1.35. The number of likely N-dealkylation sites (tertiary alicyclic amines) is 1. The normalized spacial score (nSPS) is 22.1. The molecule has 1 N–H and O–H groups in total. The molecule has 0 saturated carbocycles. The summed E-state index contributed by atoms with van der Waals surface area (Å²) in [7, 11) is 0. The van der Waals surface area contributed by atoms with Crippen molar-refractivity contribution in [1.29, 1.82) is 0 Å². The number of hydrogen-bond acceptors (Lipinski definition) is 4. The van der Waals surface area contributed by atoms with Crippen LogP contribution < -0.4 is 4.90 Å². The van der Waals surface area contributed by atoms with Crippen LogP contribution in [0.5, 0.6) is 0 Å². The molecule has 2 aliphatic rings. The zero-order chi connectivity index (χ0) is 19.3. The van der Waals surface area contributed by atoms with Gasteiger partial charge in [0.05, 0.1) is 5.41 Å². The van der Waals surface area contributed by atoms with Gasteiger partial charge < -0.3 is 14.8 Å². The summed E-state index contributed by atoms with van der Waals surface area (Å²) >= 11 is 0. The van der Waals surface area contributed by atoms with E-state index in [0.717, 1.165) is 55.3 Å².